The summed E-state index contributed by atoms with van der Waals surface area (Å²) in [6.45, 7) is 0. The highest BCUT2D eigenvalue weighted by atomic mass is 32.2. The Morgan fingerprint density at radius 3 is 1.66 bits per heavy atom. The fourth-order valence-electron chi connectivity index (χ4n) is 6.92. The lowest BCUT2D eigenvalue weighted by Gasteiger charge is -2.17. The van der Waals surface area contributed by atoms with Crippen molar-refractivity contribution in [2.75, 3.05) is 43.3 Å². The summed E-state index contributed by atoms with van der Waals surface area (Å²) in [5.74, 6) is 0.969. The van der Waals surface area contributed by atoms with Gasteiger partial charge in [-0.2, -0.15) is 8.42 Å². The lowest BCUT2D eigenvalue weighted by Crippen LogP contribution is -2.35. The molecule has 4 N–H and O–H groups in total. The lowest BCUT2D eigenvalue weighted by molar-refractivity contribution is 0.256. The number of hydrogen-bond donors (Lipinski definition) is 3. The summed E-state index contributed by atoms with van der Waals surface area (Å²) in [6, 6.07) is 8.77. The van der Waals surface area contributed by atoms with Gasteiger partial charge in [0, 0.05) is 69.7 Å². The molecule has 0 bridgehead atoms. The van der Waals surface area contributed by atoms with Crippen LogP contribution in [0.15, 0.2) is 96.0 Å². The molecule has 0 fully saturated rings. The second-order valence-electron chi connectivity index (χ2n) is 14.6. The number of hydrogen-bond acceptors (Lipinski definition) is 15. The normalized spacial score (nSPS) is 12.5. The van der Waals surface area contributed by atoms with Crippen LogP contribution in [0.1, 0.15) is 35.1 Å². The van der Waals surface area contributed by atoms with Crippen LogP contribution in [0.5, 0.6) is 5.75 Å². The minimum atomic E-state index is -4.26. The highest BCUT2D eigenvalue weighted by molar-refractivity contribution is 7.90. The summed E-state index contributed by atoms with van der Waals surface area (Å²) in [4.78, 5) is 39.4. The second-order valence-corrected chi connectivity index (χ2v) is 17.8. The number of benzene rings is 2. The Morgan fingerprint density at radius 2 is 1.17 bits per heavy atom. The third kappa shape index (κ3) is 10.9. The third-order valence-corrected chi connectivity index (χ3v) is 12.0. The standard InChI is InChI=1S/C21H21FN6O3S.C15H11FN2O.C6H10N4O2S/c1-28(2)18-11-25-19(12-24-18)32(30,31)27-21(29)26-20-15-5-3-4-14(15)17(22)10-16(20)13-6-8-23-9-7-13;16-14-8-13(10-4-6-18-7-5-10)15(19-9-17)12-3-1-2-11(12)14;1-10(2)5-3-9-6(4-8-5)13(7,11)12/h6-12H,3-5H2,1-2H3,(H2,26,27,29);4-8H,1-3H2;3-4H,1-2H3,(H2,7,11,12). The van der Waals surface area contributed by atoms with Gasteiger partial charge in [0.1, 0.15) is 23.3 Å². The Balaban J connectivity index is 0.000000179. The number of carbonyl (C=O) groups excluding carboxylic acids is 1. The van der Waals surface area contributed by atoms with Crippen molar-refractivity contribution in [2.45, 2.75) is 48.6 Å². The summed E-state index contributed by atoms with van der Waals surface area (Å²) < 4.78 is 82.6. The van der Waals surface area contributed by atoms with Crippen molar-refractivity contribution in [3.63, 3.8) is 0 Å². The zero-order valence-corrected chi connectivity index (χ0v) is 36.6. The van der Waals surface area contributed by atoms with Crippen LogP contribution in [0.25, 0.3) is 22.3 Å². The number of nitriles is 1. The topological polar surface area (TPSA) is 252 Å². The monoisotopic (exact) mass is 912 g/mol. The molecule has 332 valence electrons. The molecule has 0 saturated carbocycles. The molecule has 8 rings (SSSR count). The van der Waals surface area contributed by atoms with Crippen molar-refractivity contribution in [3.05, 3.63) is 120 Å². The van der Waals surface area contributed by atoms with Crippen molar-refractivity contribution < 1.29 is 35.1 Å². The van der Waals surface area contributed by atoms with Gasteiger partial charge in [0.05, 0.1) is 30.5 Å². The van der Waals surface area contributed by atoms with E-state index in [9.17, 15) is 30.4 Å². The van der Waals surface area contributed by atoms with Crippen molar-refractivity contribution in [1.82, 2.24) is 34.6 Å². The van der Waals surface area contributed by atoms with Crippen LogP contribution in [-0.2, 0) is 45.7 Å². The van der Waals surface area contributed by atoms with Crippen LogP contribution >= 0.6 is 0 Å². The van der Waals surface area contributed by atoms with Gasteiger partial charge in [-0.15, -0.1) is 5.26 Å². The molecule has 2 aromatic carbocycles. The molecule has 0 saturated heterocycles. The smallest absolute Gasteiger partial charge is 0.333 e. The highest BCUT2D eigenvalue weighted by Gasteiger charge is 2.27. The van der Waals surface area contributed by atoms with Crippen molar-refractivity contribution >= 4 is 43.4 Å². The number of sulfonamides is 2. The summed E-state index contributed by atoms with van der Waals surface area (Å²) >= 11 is 0. The van der Waals surface area contributed by atoms with E-state index in [2.05, 4.69) is 35.2 Å². The Kier molecular flexibility index (Phi) is 14.4. The molecule has 6 aromatic rings. The molecule has 0 radical (unpaired) electrons. The van der Waals surface area contributed by atoms with Crippen LogP contribution in [0.3, 0.4) is 0 Å². The van der Waals surface area contributed by atoms with E-state index in [1.165, 1.54) is 24.5 Å². The average molecular weight is 913 g/mol. The largest absolute Gasteiger partial charge is 0.387 e. The van der Waals surface area contributed by atoms with E-state index in [-0.39, 0.29) is 16.7 Å². The number of urea groups is 1. The van der Waals surface area contributed by atoms with Crippen LogP contribution in [0.4, 0.5) is 30.9 Å². The van der Waals surface area contributed by atoms with Gasteiger partial charge < -0.3 is 19.9 Å². The molecule has 4 aromatic heterocycles. The maximum atomic E-state index is 14.7. The van der Waals surface area contributed by atoms with Crippen LogP contribution in [0.2, 0.25) is 0 Å². The molecule has 2 aliphatic rings. The van der Waals surface area contributed by atoms with E-state index in [1.54, 1.807) is 93.3 Å². The maximum Gasteiger partial charge on any atom is 0.333 e. The van der Waals surface area contributed by atoms with Crippen LogP contribution in [-0.4, -0.2) is 81.0 Å². The van der Waals surface area contributed by atoms with Gasteiger partial charge in [-0.25, -0.2) is 51.8 Å². The SMILES string of the molecule is CN(C)c1cnc(S(=O)(=O)NC(=O)Nc2c(-c3ccncc3)cc(F)c3c2CCC3)cn1.CN(C)c1cnc(S(N)(=O)=O)cn1.N#COc1c(-c2ccncc2)cc(F)c2c1CCC2. The number of nitrogens with one attached hydrogen (secondary N) is 2. The predicted molar refractivity (Wildman–Crippen MR) is 233 cm³/mol. The van der Waals surface area contributed by atoms with Gasteiger partial charge in [0.15, 0.2) is 15.8 Å². The number of fused-ring (bicyclic) bond motifs is 2. The third-order valence-electron chi connectivity index (χ3n) is 9.95. The number of halogens is 2. The number of anilines is 3. The van der Waals surface area contributed by atoms with Gasteiger partial charge in [-0.1, -0.05) is 0 Å². The molecule has 18 nitrogen and oxygen atoms in total. The zero-order chi connectivity index (χ0) is 46.2. The number of aromatic nitrogens is 6. The summed E-state index contributed by atoms with van der Waals surface area (Å²) in [6.07, 6.45) is 17.2. The molecule has 4 heterocycles. The summed E-state index contributed by atoms with van der Waals surface area (Å²) in [5, 5.41) is 15.7. The van der Waals surface area contributed by atoms with E-state index in [1.807, 2.05) is 4.72 Å². The maximum absolute atomic E-state index is 14.7. The molecule has 0 aliphatic heterocycles. The minimum absolute atomic E-state index is 0.218. The first-order valence-electron chi connectivity index (χ1n) is 19.4. The van der Waals surface area contributed by atoms with Gasteiger partial charge in [-0.3, -0.25) is 9.97 Å². The van der Waals surface area contributed by atoms with E-state index < -0.39 is 31.1 Å². The number of primary sulfonamides is 1. The van der Waals surface area contributed by atoms with Gasteiger partial charge in [0.2, 0.25) is 0 Å². The molecular formula is C42H42F2N12O6S2. The first kappa shape index (κ1) is 46.3. The summed E-state index contributed by atoms with van der Waals surface area (Å²) in [7, 11) is -0.958. The Morgan fingerprint density at radius 1 is 0.703 bits per heavy atom. The fourth-order valence-corrected chi connectivity index (χ4v) is 8.10. The number of carbonyl (C=O) groups is 1. The molecular weight excluding hydrogens is 871 g/mol. The van der Waals surface area contributed by atoms with E-state index in [0.29, 0.717) is 75.7 Å². The average Bonchev–Trinajstić information content (AvgIpc) is 3.99. The molecule has 22 heteroatoms. The van der Waals surface area contributed by atoms with E-state index >= 15 is 0 Å². The number of pyridine rings is 2. The van der Waals surface area contributed by atoms with E-state index in [0.717, 1.165) is 42.8 Å². The van der Waals surface area contributed by atoms with Crippen LogP contribution < -0.4 is 29.7 Å². The molecule has 2 aliphatic carbocycles. The molecule has 0 unspecified atom stereocenters. The number of ether oxygens (including phenoxy) is 1. The predicted octanol–water partition coefficient (Wildman–Crippen LogP) is 5.17. The number of amides is 2. The van der Waals surface area contributed by atoms with Crippen molar-refractivity contribution in [1.29, 1.82) is 5.26 Å². The van der Waals surface area contributed by atoms with Gasteiger partial charge in [-0.05, 0) is 103 Å². The number of rotatable bonds is 9. The van der Waals surface area contributed by atoms with Crippen molar-refractivity contribution in [3.8, 4) is 34.3 Å². The van der Waals surface area contributed by atoms with Crippen LogP contribution in [0, 0.1) is 23.2 Å². The first-order valence-corrected chi connectivity index (χ1v) is 22.4. The summed E-state index contributed by atoms with van der Waals surface area (Å²) in [5.41, 5.74) is 5.61. The zero-order valence-electron chi connectivity index (χ0n) is 34.9. The number of nitrogens with zero attached hydrogens (tertiary/aromatic N) is 9. The molecule has 2 amide bonds. The molecule has 0 atom stereocenters. The highest BCUT2D eigenvalue weighted by Crippen LogP contribution is 2.41. The first-order chi connectivity index (χ1) is 30.5. The fraction of sp³-hybridized carbons (Fsp3) is 0.238. The quantitative estimate of drug-likeness (QED) is 0.158. The Hall–Kier alpha value is -7.22. The second kappa shape index (κ2) is 19.9. The Bertz CT molecular complexity index is 2910. The molecule has 0 spiro atoms. The van der Waals surface area contributed by atoms with Gasteiger partial charge >= 0.3 is 6.03 Å². The Labute approximate surface area is 368 Å². The minimum Gasteiger partial charge on any atom is -0.387 e. The van der Waals surface area contributed by atoms with Gasteiger partial charge in [0.25, 0.3) is 26.3 Å². The lowest BCUT2D eigenvalue weighted by atomic mass is 9.97. The number of nitrogens with two attached hydrogens (primary N) is 1. The molecule has 64 heavy (non-hydrogen) atoms. The van der Waals surface area contributed by atoms with E-state index in [4.69, 9.17) is 15.1 Å². The van der Waals surface area contributed by atoms with Crippen molar-refractivity contribution in [2.24, 2.45) is 5.14 Å².